The number of rotatable bonds is 2. The molecule has 82 valence electrons. The Morgan fingerprint density at radius 2 is 2.07 bits per heavy atom. The summed E-state index contributed by atoms with van der Waals surface area (Å²) in [5, 5.41) is 3.41. The van der Waals surface area contributed by atoms with E-state index in [1.165, 1.54) is 24.8 Å². The Balaban J connectivity index is 2.27. The third-order valence-corrected chi connectivity index (χ3v) is 3.95. The Bertz CT molecular complexity index is 345. The van der Waals surface area contributed by atoms with Gasteiger partial charge >= 0.3 is 0 Å². The maximum Gasteiger partial charge on any atom is 0.00727 e. The lowest BCUT2D eigenvalue weighted by Gasteiger charge is -2.26. The second-order valence-corrected chi connectivity index (χ2v) is 5.10. The monoisotopic (exact) mass is 203 g/mol. The summed E-state index contributed by atoms with van der Waals surface area (Å²) in [5.41, 5.74) is 3.37. The largest absolute Gasteiger partial charge is 0.317 e. The molecule has 0 amide bonds. The molecule has 1 aliphatic carbocycles. The van der Waals surface area contributed by atoms with Gasteiger partial charge in [-0.1, -0.05) is 31.2 Å². The van der Waals surface area contributed by atoms with Crippen LogP contribution in [0.5, 0.6) is 0 Å². The van der Waals surface area contributed by atoms with Crippen molar-refractivity contribution in [2.45, 2.75) is 44.6 Å². The van der Waals surface area contributed by atoms with E-state index < -0.39 is 0 Å². The van der Waals surface area contributed by atoms with Gasteiger partial charge in [0.1, 0.15) is 0 Å². The molecule has 0 heterocycles. The zero-order valence-corrected chi connectivity index (χ0v) is 10.0. The molecule has 1 fully saturated rings. The van der Waals surface area contributed by atoms with Gasteiger partial charge in [0.2, 0.25) is 0 Å². The second-order valence-electron chi connectivity index (χ2n) is 5.10. The molecule has 2 rings (SSSR count). The van der Waals surface area contributed by atoms with Crippen LogP contribution in [0.4, 0.5) is 0 Å². The minimum atomic E-state index is 0.388. The molecule has 1 aliphatic rings. The summed E-state index contributed by atoms with van der Waals surface area (Å²) >= 11 is 0. The van der Waals surface area contributed by atoms with E-state index in [4.69, 9.17) is 0 Å². The Morgan fingerprint density at radius 3 is 2.67 bits per heavy atom. The second kappa shape index (κ2) is 3.97. The first-order valence-corrected chi connectivity index (χ1v) is 5.89. The molecule has 0 bridgehead atoms. The van der Waals surface area contributed by atoms with Gasteiger partial charge in [-0.3, -0.25) is 0 Å². The van der Waals surface area contributed by atoms with Crippen molar-refractivity contribution in [3.63, 3.8) is 0 Å². The summed E-state index contributed by atoms with van der Waals surface area (Å²) in [5.74, 6) is 0. The van der Waals surface area contributed by atoms with Crippen molar-refractivity contribution < 1.29 is 0 Å². The highest BCUT2D eigenvalue weighted by Gasteiger charge is 2.36. The van der Waals surface area contributed by atoms with Crippen molar-refractivity contribution in [2.24, 2.45) is 0 Å². The maximum atomic E-state index is 3.41. The molecular weight excluding hydrogens is 182 g/mol. The lowest BCUT2D eigenvalue weighted by Crippen LogP contribution is -2.26. The van der Waals surface area contributed by atoms with Gasteiger partial charge in [0, 0.05) is 6.04 Å². The van der Waals surface area contributed by atoms with Crippen LogP contribution in [-0.2, 0) is 5.41 Å². The van der Waals surface area contributed by atoms with Crippen LogP contribution in [0.2, 0.25) is 0 Å². The fraction of sp³-hybridized carbons (Fsp3) is 0.571. The number of hydrogen-bond acceptors (Lipinski definition) is 1. The summed E-state index contributed by atoms with van der Waals surface area (Å²) < 4.78 is 0. The predicted molar refractivity (Wildman–Crippen MR) is 65.2 cm³/mol. The Kier molecular flexibility index (Phi) is 2.83. The summed E-state index contributed by atoms with van der Waals surface area (Å²) in [6.45, 7) is 4.64. The number of benzene rings is 1. The fourth-order valence-corrected chi connectivity index (χ4v) is 2.98. The molecule has 0 radical (unpaired) electrons. The highest BCUT2D eigenvalue weighted by molar-refractivity contribution is 5.34. The van der Waals surface area contributed by atoms with Crippen molar-refractivity contribution >= 4 is 0 Å². The van der Waals surface area contributed by atoms with E-state index in [1.54, 1.807) is 5.56 Å². The lowest BCUT2D eigenvalue weighted by atomic mass is 9.78. The Hall–Kier alpha value is -0.820. The Morgan fingerprint density at radius 1 is 1.33 bits per heavy atom. The number of aryl methyl sites for hydroxylation is 1. The van der Waals surface area contributed by atoms with Crippen molar-refractivity contribution in [1.82, 2.24) is 5.32 Å². The molecule has 1 saturated carbocycles. The van der Waals surface area contributed by atoms with E-state index in [9.17, 15) is 0 Å². The van der Waals surface area contributed by atoms with Gasteiger partial charge < -0.3 is 5.32 Å². The molecule has 1 N–H and O–H groups in total. The maximum absolute atomic E-state index is 3.41. The Labute approximate surface area is 92.9 Å². The standard InChI is InChI=1S/C14H21N/c1-11-6-4-5-7-13(11)14(2)9-8-12(10-14)15-3/h4-7,12,15H,8-10H2,1-3H3. The summed E-state index contributed by atoms with van der Waals surface area (Å²) in [7, 11) is 2.08. The van der Waals surface area contributed by atoms with Crippen LogP contribution in [0, 0.1) is 6.92 Å². The van der Waals surface area contributed by atoms with Crippen LogP contribution in [0.3, 0.4) is 0 Å². The summed E-state index contributed by atoms with van der Waals surface area (Å²) in [6.07, 6.45) is 3.89. The highest BCUT2D eigenvalue weighted by atomic mass is 14.9. The smallest absolute Gasteiger partial charge is 0.00727 e. The summed E-state index contributed by atoms with van der Waals surface area (Å²) in [4.78, 5) is 0. The van der Waals surface area contributed by atoms with Crippen LogP contribution < -0.4 is 5.32 Å². The van der Waals surface area contributed by atoms with Gasteiger partial charge in [0.15, 0.2) is 0 Å². The topological polar surface area (TPSA) is 12.0 Å². The van der Waals surface area contributed by atoms with Gasteiger partial charge in [0.25, 0.3) is 0 Å². The first-order chi connectivity index (χ1) is 7.15. The average Bonchev–Trinajstić information content (AvgIpc) is 2.62. The molecule has 2 atom stereocenters. The first-order valence-electron chi connectivity index (χ1n) is 5.89. The van der Waals surface area contributed by atoms with E-state index >= 15 is 0 Å². The van der Waals surface area contributed by atoms with E-state index in [1.807, 2.05) is 0 Å². The molecular formula is C14H21N. The zero-order chi connectivity index (χ0) is 10.9. The molecule has 0 aromatic heterocycles. The van der Waals surface area contributed by atoms with Crippen LogP contribution in [-0.4, -0.2) is 13.1 Å². The minimum Gasteiger partial charge on any atom is -0.317 e. The van der Waals surface area contributed by atoms with Crippen molar-refractivity contribution in [2.75, 3.05) is 7.05 Å². The van der Waals surface area contributed by atoms with Gasteiger partial charge in [0.05, 0.1) is 0 Å². The minimum absolute atomic E-state index is 0.388. The number of hydrogen-bond donors (Lipinski definition) is 1. The number of nitrogens with one attached hydrogen (secondary N) is 1. The van der Waals surface area contributed by atoms with Crippen molar-refractivity contribution in [3.05, 3.63) is 35.4 Å². The van der Waals surface area contributed by atoms with Gasteiger partial charge in [-0.05, 0) is 49.8 Å². The normalized spacial score (nSPS) is 30.7. The fourth-order valence-electron chi connectivity index (χ4n) is 2.98. The molecule has 0 saturated heterocycles. The van der Waals surface area contributed by atoms with Gasteiger partial charge in [-0.15, -0.1) is 0 Å². The third-order valence-electron chi connectivity index (χ3n) is 3.95. The molecule has 2 unspecified atom stereocenters. The first kappa shape index (κ1) is 10.7. The highest BCUT2D eigenvalue weighted by Crippen LogP contribution is 2.41. The van der Waals surface area contributed by atoms with Crippen molar-refractivity contribution in [3.8, 4) is 0 Å². The molecule has 1 heteroatoms. The van der Waals surface area contributed by atoms with E-state index in [0.29, 0.717) is 11.5 Å². The third kappa shape index (κ3) is 1.93. The molecule has 1 nitrogen and oxygen atoms in total. The van der Waals surface area contributed by atoms with Crippen molar-refractivity contribution in [1.29, 1.82) is 0 Å². The predicted octanol–water partition coefficient (Wildman–Crippen LogP) is 3.02. The molecule has 15 heavy (non-hydrogen) atoms. The van der Waals surface area contributed by atoms with Crippen LogP contribution >= 0.6 is 0 Å². The van der Waals surface area contributed by atoms with Crippen LogP contribution in [0.15, 0.2) is 24.3 Å². The quantitative estimate of drug-likeness (QED) is 0.779. The SMILES string of the molecule is CNC1CCC(C)(c2ccccc2C)C1. The lowest BCUT2D eigenvalue weighted by molar-refractivity contribution is 0.464. The average molecular weight is 203 g/mol. The van der Waals surface area contributed by atoms with Crippen LogP contribution in [0.25, 0.3) is 0 Å². The van der Waals surface area contributed by atoms with Gasteiger partial charge in [-0.2, -0.15) is 0 Å². The molecule has 1 aromatic rings. The molecule has 1 aromatic carbocycles. The van der Waals surface area contributed by atoms with Gasteiger partial charge in [-0.25, -0.2) is 0 Å². The molecule has 0 spiro atoms. The van der Waals surface area contributed by atoms with E-state index in [2.05, 4.69) is 50.5 Å². The summed E-state index contributed by atoms with van der Waals surface area (Å²) in [6, 6.07) is 9.53. The van der Waals surface area contributed by atoms with E-state index in [-0.39, 0.29) is 0 Å². The van der Waals surface area contributed by atoms with E-state index in [0.717, 1.165) is 0 Å². The van der Waals surface area contributed by atoms with Crippen LogP contribution in [0.1, 0.15) is 37.3 Å². The molecule has 0 aliphatic heterocycles. The zero-order valence-electron chi connectivity index (χ0n) is 10.0.